The Morgan fingerprint density at radius 3 is 1.89 bits per heavy atom. The van der Waals surface area contributed by atoms with Crippen molar-refractivity contribution in [1.82, 2.24) is 0 Å². The summed E-state index contributed by atoms with van der Waals surface area (Å²) in [5.74, 6) is -0.649. The molecule has 0 N–H and O–H groups in total. The number of hydrogen-bond acceptors (Lipinski definition) is 4. The van der Waals surface area contributed by atoms with Gasteiger partial charge in [0.05, 0.1) is 11.7 Å². The molecule has 114 valence electrons. The van der Waals surface area contributed by atoms with E-state index in [0.717, 1.165) is 6.26 Å². The zero-order valence-corrected chi connectivity index (χ0v) is 14.1. The smallest absolute Gasteiger partial charge is 0.309 e. The van der Waals surface area contributed by atoms with Gasteiger partial charge in [0.1, 0.15) is 6.61 Å². The van der Waals surface area contributed by atoms with Crippen LogP contribution in [0.15, 0.2) is 0 Å². The molecule has 0 radical (unpaired) electrons. The highest BCUT2D eigenvalue weighted by Gasteiger charge is 2.35. The molecular weight excluding hydrogens is 264 g/mol. The second-order valence-corrected chi connectivity index (χ2v) is 9.74. The second kappa shape index (κ2) is 6.25. The van der Waals surface area contributed by atoms with Gasteiger partial charge in [0.15, 0.2) is 9.84 Å². The summed E-state index contributed by atoms with van der Waals surface area (Å²) in [7, 11) is -3.09. The van der Waals surface area contributed by atoms with Crippen LogP contribution in [0.3, 0.4) is 0 Å². The molecule has 0 spiro atoms. The van der Waals surface area contributed by atoms with E-state index < -0.39 is 9.84 Å². The summed E-state index contributed by atoms with van der Waals surface area (Å²) < 4.78 is 27.2. The SMILES string of the molecule is CC(C)(C)CC(C(=O)OCCS(C)(=O)=O)C(C)(C)C. The van der Waals surface area contributed by atoms with Crippen LogP contribution < -0.4 is 0 Å². The van der Waals surface area contributed by atoms with E-state index in [4.69, 9.17) is 4.74 Å². The Bertz CT molecular complexity index is 396. The Morgan fingerprint density at radius 1 is 1.11 bits per heavy atom. The zero-order valence-electron chi connectivity index (χ0n) is 13.2. The van der Waals surface area contributed by atoms with Gasteiger partial charge in [-0.3, -0.25) is 4.79 Å². The standard InChI is InChI=1S/C14H28O4S/c1-13(2,3)10-11(14(4,5)6)12(15)18-8-9-19(7,16)17/h11H,8-10H2,1-7H3. The summed E-state index contributed by atoms with van der Waals surface area (Å²) in [6.45, 7) is 12.2. The number of rotatable bonds is 5. The van der Waals surface area contributed by atoms with E-state index in [9.17, 15) is 13.2 Å². The fourth-order valence-corrected chi connectivity index (χ4v) is 2.14. The third-order valence-electron chi connectivity index (χ3n) is 2.84. The summed E-state index contributed by atoms with van der Waals surface area (Å²) in [5.41, 5.74) is -0.177. The van der Waals surface area contributed by atoms with Crippen LogP contribution in [0.2, 0.25) is 0 Å². The minimum absolute atomic E-state index is 0.0216. The van der Waals surface area contributed by atoms with Crippen molar-refractivity contribution in [1.29, 1.82) is 0 Å². The molecule has 0 rings (SSSR count). The van der Waals surface area contributed by atoms with E-state index in [1.165, 1.54) is 0 Å². The average Bonchev–Trinajstić information content (AvgIpc) is 2.08. The fraction of sp³-hybridized carbons (Fsp3) is 0.929. The first-order valence-corrected chi connectivity index (χ1v) is 8.63. The second-order valence-electron chi connectivity index (χ2n) is 7.48. The Morgan fingerprint density at radius 2 is 1.58 bits per heavy atom. The van der Waals surface area contributed by atoms with Crippen molar-refractivity contribution in [3.05, 3.63) is 0 Å². The highest BCUT2D eigenvalue weighted by molar-refractivity contribution is 7.90. The van der Waals surface area contributed by atoms with Crippen molar-refractivity contribution >= 4 is 15.8 Å². The van der Waals surface area contributed by atoms with E-state index in [2.05, 4.69) is 20.8 Å². The Kier molecular flexibility index (Phi) is 6.06. The minimum atomic E-state index is -3.09. The third kappa shape index (κ3) is 9.03. The Labute approximate surface area is 117 Å². The average molecular weight is 292 g/mol. The van der Waals surface area contributed by atoms with Crippen molar-refractivity contribution in [2.75, 3.05) is 18.6 Å². The molecule has 5 heteroatoms. The summed E-state index contributed by atoms with van der Waals surface area (Å²) in [6.07, 6.45) is 1.85. The first kappa shape index (κ1) is 18.4. The maximum Gasteiger partial charge on any atom is 0.309 e. The van der Waals surface area contributed by atoms with E-state index in [1.807, 2.05) is 20.8 Å². The lowest BCUT2D eigenvalue weighted by atomic mass is 9.72. The van der Waals surface area contributed by atoms with Gasteiger partial charge in [-0.25, -0.2) is 8.42 Å². The van der Waals surface area contributed by atoms with Gasteiger partial charge in [0.25, 0.3) is 0 Å². The number of ether oxygens (including phenoxy) is 1. The van der Waals surface area contributed by atoms with Crippen molar-refractivity contribution in [3.63, 3.8) is 0 Å². The van der Waals surface area contributed by atoms with E-state index in [-0.39, 0.29) is 35.1 Å². The van der Waals surface area contributed by atoms with E-state index in [0.29, 0.717) is 6.42 Å². The van der Waals surface area contributed by atoms with Crippen LogP contribution in [0.25, 0.3) is 0 Å². The Hall–Kier alpha value is -0.580. The molecule has 0 aliphatic rings. The van der Waals surface area contributed by atoms with E-state index >= 15 is 0 Å². The van der Waals surface area contributed by atoms with Gasteiger partial charge >= 0.3 is 5.97 Å². The molecule has 0 bridgehead atoms. The fourth-order valence-electron chi connectivity index (χ4n) is 1.75. The summed E-state index contributed by atoms with van der Waals surface area (Å²) in [5, 5.41) is 0. The first-order chi connectivity index (χ1) is 8.22. The van der Waals surface area contributed by atoms with Crippen LogP contribution in [-0.2, 0) is 19.4 Å². The molecule has 1 unspecified atom stereocenters. The van der Waals surface area contributed by atoms with Crippen molar-refractivity contribution in [2.24, 2.45) is 16.7 Å². The molecule has 19 heavy (non-hydrogen) atoms. The Balaban J connectivity index is 4.67. The molecule has 0 aromatic rings. The minimum Gasteiger partial charge on any atom is -0.464 e. The molecule has 1 atom stereocenters. The molecule has 0 heterocycles. The molecule has 0 aliphatic carbocycles. The quantitative estimate of drug-likeness (QED) is 0.731. The number of esters is 1. The number of carbonyl (C=O) groups is 1. The maximum absolute atomic E-state index is 12.1. The number of carbonyl (C=O) groups excluding carboxylic acids is 1. The lowest BCUT2D eigenvalue weighted by Gasteiger charge is -2.33. The van der Waals surface area contributed by atoms with Crippen molar-refractivity contribution in [3.8, 4) is 0 Å². The van der Waals surface area contributed by atoms with Crippen molar-refractivity contribution in [2.45, 2.75) is 48.0 Å². The normalized spacial score (nSPS) is 15.1. The number of hydrogen-bond donors (Lipinski definition) is 0. The van der Waals surface area contributed by atoms with Crippen LogP contribution in [-0.4, -0.2) is 33.0 Å². The van der Waals surface area contributed by atoms with E-state index in [1.54, 1.807) is 0 Å². The highest BCUT2D eigenvalue weighted by atomic mass is 32.2. The lowest BCUT2D eigenvalue weighted by Crippen LogP contribution is -2.34. The van der Waals surface area contributed by atoms with Crippen molar-refractivity contribution < 1.29 is 17.9 Å². The maximum atomic E-state index is 12.1. The molecule has 0 amide bonds. The highest BCUT2D eigenvalue weighted by Crippen LogP contribution is 2.36. The predicted octanol–water partition coefficient (Wildman–Crippen LogP) is 2.67. The topological polar surface area (TPSA) is 60.4 Å². The first-order valence-electron chi connectivity index (χ1n) is 6.57. The molecule has 0 aliphatic heterocycles. The molecule has 4 nitrogen and oxygen atoms in total. The lowest BCUT2D eigenvalue weighted by molar-refractivity contribution is -0.153. The van der Waals surface area contributed by atoms with Gasteiger partial charge in [-0.05, 0) is 17.3 Å². The van der Waals surface area contributed by atoms with Gasteiger partial charge in [0, 0.05) is 6.26 Å². The number of sulfone groups is 1. The predicted molar refractivity (Wildman–Crippen MR) is 77.7 cm³/mol. The van der Waals surface area contributed by atoms with Gasteiger partial charge in [-0.1, -0.05) is 41.5 Å². The van der Waals surface area contributed by atoms with Crippen LogP contribution in [0.4, 0.5) is 0 Å². The zero-order chi connectivity index (χ0) is 15.5. The third-order valence-corrected chi connectivity index (χ3v) is 3.75. The van der Waals surface area contributed by atoms with Gasteiger partial charge in [-0.15, -0.1) is 0 Å². The molecule has 0 fully saturated rings. The summed E-state index contributed by atoms with van der Waals surface area (Å²) in [6, 6.07) is 0. The van der Waals surface area contributed by atoms with Crippen LogP contribution in [0.5, 0.6) is 0 Å². The van der Waals surface area contributed by atoms with Crippen LogP contribution >= 0.6 is 0 Å². The molecular formula is C14H28O4S. The molecule has 0 saturated carbocycles. The monoisotopic (exact) mass is 292 g/mol. The van der Waals surface area contributed by atoms with Gasteiger partial charge in [-0.2, -0.15) is 0 Å². The van der Waals surface area contributed by atoms with Crippen LogP contribution in [0.1, 0.15) is 48.0 Å². The molecule has 0 aromatic heterocycles. The molecule has 0 saturated heterocycles. The summed E-state index contributed by atoms with van der Waals surface area (Å²) >= 11 is 0. The summed E-state index contributed by atoms with van der Waals surface area (Å²) in [4.78, 5) is 12.1. The largest absolute Gasteiger partial charge is 0.464 e. The molecule has 0 aromatic carbocycles. The van der Waals surface area contributed by atoms with Gasteiger partial charge in [0.2, 0.25) is 0 Å². The van der Waals surface area contributed by atoms with Crippen LogP contribution in [0, 0.1) is 16.7 Å². The van der Waals surface area contributed by atoms with Gasteiger partial charge < -0.3 is 4.74 Å².